The van der Waals surface area contributed by atoms with Gasteiger partial charge in [0.05, 0.1) is 23.7 Å². The van der Waals surface area contributed by atoms with Crippen LogP contribution in [0, 0.1) is 10.1 Å². The number of aryl methyl sites for hydroxylation is 1. The van der Waals surface area contributed by atoms with Crippen LogP contribution in [0.2, 0.25) is 0 Å². The molecule has 3 N–H and O–H groups in total. The number of nitrogens with zero attached hydrogens (tertiary/aromatic N) is 1. The summed E-state index contributed by atoms with van der Waals surface area (Å²) < 4.78 is 0. The van der Waals surface area contributed by atoms with Crippen LogP contribution in [-0.2, 0) is 12.8 Å². The summed E-state index contributed by atoms with van der Waals surface area (Å²) in [5.74, 6) is 0. The van der Waals surface area contributed by atoms with Gasteiger partial charge in [-0.3, -0.25) is 10.1 Å². The average molecular weight is 342 g/mol. The van der Waals surface area contributed by atoms with E-state index in [9.17, 15) is 20.3 Å². The fourth-order valence-corrected chi connectivity index (χ4v) is 3.41. The molecule has 3 atom stereocenters. The lowest BCUT2D eigenvalue weighted by Gasteiger charge is -2.31. The summed E-state index contributed by atoms with van der Waals surface area (Å²) >= 11 is 0. The maximum Gasteiger partial charge on any atom is 0.269 e. The number of benzene rings is 2. The minimum absolute atomic E-state index is 0.0201. The van der Waals surface area contributed by atoms with E-state index in [-0.39, 0.29) is 18.3 Å². The maximum absolute atomic E-state index is 10.7. The molecule has 0 aliphatic heterocycles. The Morgan fingerprint density at radius 2 is 1.84 bits per heavy atom. The summed E-state index contributed by atoms with van der Waals surface area (Å²) in [6, 6.07) is 13.8. The van der Waals surface area contributed by atoms with Gasteiger partial charge in [-0.05, 0) is 48.1 Å². The Labute approximate surface area is 146 Å². The van der Waals surface area contributed by atoms with Gasteiger partial charge in [0.15, 0.2) is 0 Å². The second-order valence-electron chi connectivity index (χ2n) is 6.46. The quantitative estimate of drug-likeness (QED) is 0.552. The highest BCUT2D eigenvalue weighted by Crippen LogP contribution is 2.24. The topological polar surface area (TPSA) is 95.6 Å². The van der Waals surface area contributed by atoms with Gasteiger partial charge in [-0.25, -0.2) is 0 Å². The fourth-order valence-electron chi connectivity index (χ4n) is 3.41. The number of rotatable bonds is 6. The van der Waals surface area contributed by atoms with Crippen molar-refractivity contribution in [2.24, 2.45) is 0 Å². The fraction of sp³-hybridized carbons (Fsp3) is 0.368. The number of nitrogens with one attached hydrogen (secondary N) is 1. The van der Waals surface area contributed by atoms with Crippen molar-refractivity contribution in [3.63, 3.8) is 0 Å². The van der Waals surface area contributed by atoms with E-state index >= 15 is 0 Å². The molecule has 6 nitrogen and oxygen atoms in total. The van der Waals surface area contributed by atoms with Crippen LogP contribution in [0.3, 0.4) is 0 Å². The first-order valence-electron chi connectivity index (χ1n) is 8.44. The van der Waals surface area contributed by atoms with Crippen LogP contribution in [-0.4, -0.2) is 33.8 Å². The van der Waals surface area contributed by atoms with Crippen molar-refractivity contribution in [1.29, 1.82) is 0 Å². The van der Waals surface area contributed by atoms with E-state index in [2.05, 4.69) is 17.4 Å². The van der Waals surface area contributed by atoms with Crippen molar-refractivity contribution in [2.75, 3.05) is 6.61 Å². The molecule has 0 amide bonds. The third-order valence-electron chi connectivity index (χ3n) is 4.82. The summed E-state index contributed by atoms with van der Waals surface area (Å²) in [5, 5.41) is 34.3. The lowest BCUT2D eigenvalue weighted by atomic mass is 9.87. The molecule has 0 spiro atoms. The largest absolute Gasteiger partial charge is 0.395 e. The van der Waals surface area contributed by atoms with Gasteiger partial charge in [0.25, 0.3) is 5.69 Å². The lowest BCUT2D eigenvalue weighted by molar-refractivity contribution is -0.384. The van der Waals surface area contributed by atoms with Crippen LogP contribution in [0.25, 0.3) is 0 Å². The second kappa shape index (κ2) is 7.74. The number of hydrogen-bond acceptors (Lipinski definition) is 5. The van der Waals surface area contributed by atoms with Gasteiger partial charge in [0.2, 0.25) is 0 Å². The summed E-state index contributed by atoms with van der Waals surface area (Å²) in [6.07, 6.45) is 1.85. The van der Waals surface area contributed by atoms with Gasteiger partial charge in [0.1, 0.15) is 0 Å². The first-order chi connectivity index (χ1) is 12.1. The van der Waals surface area contributed by atoms with E-state index in [0.29, 0.717) is 5.56 Å². The predicted molar refractivity (Wildman–Crippen MR) is 94.3 cm³/mol. The van der Waals surface area contributed by atoms with Crippen LogP contribution in [0.1, 0.15) is 29.2 Å². The third-order valence-corrected chi connectivity index (χ3v) is 4.82. The minimum Gasteiger partial charge on any atom is -0.395 e. The SMILES string of the molecule is O=[N+]([O-])c1ccc([C@H](O)[C@@H](CO)N[C@H]2CCc3ccccc3C2)cc1. The van der Waals surface area contributed by atoms with Gasteiger partial charge in [-0.15, -0.1) is 0 Å². The Bertz CT molecular complexity index is 732. The molecule has 0 saturated heterocycles. The van der Waals surface area contributed by atoms with Crippen LogP contribution in [0.5, 0.6) is 0 Å². The number of nitro benzene ring substituents is 1. The van der Waals surface area contributed by atoms with Crippen molar-refractivity contribution in [1.82, 2.24) is 5.32 Å². The highest BCUT2D eigenvalue weighted by Gasteiger charge is 2.26. The van der Waals surface area contributed by atoms with Crippen molar-refractivity contribution in [3.05, 3.63) is 75.3 Å². The van der Waals surface area contributed by atoms with Gasteiger partial charge in [-0.1, -0.05) is 24.3 Å². The number of fused-ring (bicyclic) bond motifs is 1. The van der Waals surface area contributed by atoms with Gasteiger partial charge < -0.3 is 15.5 Å². The molecule has 1 aliphatic carbocycles. The predicted octanol–water partition coefficient (Wildman–Crippen LogP) is 2.14. The van der Waals surface area contributed by atoms with E-state index in [0.717, 1.165) is 19.3 Å². The van der Waals surface area contributed by atoms with Gasteiger partial charge >= 0.3 is 0 Å². The highest BCUT2D eigenvalue weighted by atomic mass is 16.6. The van der Waals surface area contributed by atoms with E-state index in [1.165, 1.54) is 35.4 Å². The summed E-state index contributed by atoms with van der Waals surface area (Å²) in [7, 11) is 0. The Hall–Kier alpha value is -2.28. The first-order valence-corrected chi connectivity index (χ1v) is 8.44. The zero-order valence-electron chi connectivity index (χ0n) is 13.8. The molecule has 3 rings (SSSR count). The third kappa shape index (κ3) is 4.04. The summed E-state index contributed by atoms with van der Waals surface area (Å²) in [6.45, 7) is -0.212. The summed E-state index contributed by atoms with van der Waals surface area (Å²) in [5.41, 5.74) is 3.19. The number of nitro groups is 1. The molecule has 0 bridgehead atoms. The number of aliphatic hydroxyl groups is 2. The van der Waals surface area contributed by atoms with E-state index in [1.807, 2.05) is 12.1 Å². The first kappa shape index (κ1) is 17.5. The molecule has 0 fully saturated rings. The number of non-ortho nitro benzene ring substituents is 1. The molecule has 0 heterocycles. The molecule has 0 aromatic heterocycles. The van der Waals surface area contributed by atoms with Gasteiger partial charge in [0, 0.05) is 18.2 Å². The molecule has 0 radical (unpaired) electrons. The standard InChI is InChI=1S/C19H22N2O4/c22-12-18(19(23)14-6-9-17(10-7-14)21(24)25)20-16-8-5-13-3-1-2-4-15(13)11-16/h1-4,6-7,9-10,16,18-20,22-23H,5,8,11-12H2/t16-,18+,19-/m0/s1. The van der Waals surface area contributed by atoms with Crippen LogP contribution < -0.4 is 5.32 Å². The monoisotopic (exact) mass is 342 g/mol. The molecule has 2 aromatic rings. The highest BCUT2D eigenvalue weighted by molar-refractivity contribution is 5.34. The molecule has 132 valence electrons. The van der Waals surface area contributed by atoms with Crippen molar-refractivity contribution in [2.45, 2.75) is 37.5 Å². The molecule has 25 heavy (non-hydrogen) atoms. The van der Waals surface area contributed by atoms with Crippen molar-refractivity contribution >= 4 is 5.69 Å². The van der Waals surface area contributed by atoms with Gasteiger partial charge in [-0.2, -0.15) is 0 Å². The molecule has 1 aliphatic rings. The number of hydrogen-bond donors (Lipinski definition) is 3. The molecule has 0 unspecified atom stereocenters. The van der Waals surface area contributed by atoms with E-state index in [4.69, 9.17) is 0 Å². The minimum atomic E-state index is -0.928. The van der Waals surface area contributed by atoms with E-state index in [1.54, 1.807) is 0 Å². The molecular formula is C19H22N2O4. The Kier molecular flexibility index (Phi) is 5.43. The van der Waals surface area contributed by atoms with Crippen LogP contribution in [0.15, 0.2) is 48.5 Å². The number of aliphatic hydroxyl groups excluding tert-OH is 2. The average Bonchev–Trinajstić information content (AvgIpc) is 2.65. The zero-order chi connectivity index (χ0) is 17.8. The van der Waals surface area contributed by atoms with E-state index < -0.39 is 17.1 Å². The Balaban J connectivity index is 1.67. The second-order valence-corrected chi connectivity index (χ2v) is 6.46. The van der Waals surface area contributed by atoms with Crippen LogP contribution in [0.4, 0.5) is 5.69 Å². The normalized spacial score (nSPS) is 19.0. The van der Waals surface area contributed by atoms with Crippen molar-refractivity contribution in [3.8, 4) is 0 Å². The Morgan fingerprint density at radius 1 is 1.16 bits per heavy atom. The maximum atomic E-state index is 10.7. The molecule has 2 aromatic carbocycles. The smallest absolute Gasteiger partial charge is 0.269 e. The zero-order valence-corrected chi connectivity index (χ0v) is 13.8. The molecular weight excluding hydrogens is 320 g/mol. The van der Waals surface area contributed by atoms with Crippen molar-refractivity contribution < 1.29 is 15.1 Å². The Morgan fingerprint density at radius 3 is 2.48 bits per heavy atom. The van der Waals surface area contributed by atoms with Crippen LogP contribution >= 0.6 is 0 Å². The summed E-state index contributed by atoms with van der Waals surface area (Å²) in [4.78, 5) is 10.3. The molecule has 6 heteroatoms. The molecule has 0 saturated carbocycles. The lowest BCUT2D eigenvalue weighted by Crippen LogP contribution is -2.46.